The smallest absolute Gasteiger partial charge is 0.224 e. The second kappa shape index (κ2) is 7.62. The minimum absolute atomic E-state index is 0.321. The molecule has 0 bridgehead atoms. The summed E-state index contributed by atoms with van der Waals surface area (Å²) in [5.74, 6) is 1.71. The minimum Gasteiger partial charge on any atom is -0.369 e. The molecular weight excluding hydrogens is 260 g/mol. The van der Waals surface area contributed by atoms with Gasteiger partial charge in [-0.3, -0.25) is 9.79 Å². The summed E-state index contributed by atoms with van der Waals surface area (Å²) in [6.07, 6.45) is 2.57. The van der Waals surface area contributed by atoms with Gasteiger partial charge < -0.3 is 16.4 Å². The molecule has 19 heavy (non-hydrogen) atoms. The van der Waals surface area contributed by atoms with E-state index in [1.54, 1.807) is 0 Å². The third-order valence-electron chi connectivity index (χ3n) is 3.16. The van der Waals surface area contributed by atoms with Crippen LogP contribution in [0, 0.1) is 5.41 Å². The van der Waals surface area contributed by atoms with Crippen LogP contribution in [0.1, 0.15) is 33.6 Å². The van der Waals surface area contributed by atoms with E-state index in [1.165, 1.54) is 18.6 Å². The normalized spacial score (nSPS) is 20.4. The molecule has 5 nitrogen and oxygen atoms in total. The maximum atomic E-state index is 11.3. The zero-order valence-electron chi connectivity index (χ0n) is 12.2. The number of guanidine groups is 1. The number of carbonyl (C=O) groups is 1. The predicted molar refractivity (Wildman–Crippen MR) is 82.4 cm³/mol. The SMILES string of the molecule is CCNC(=NCC(C)(C)C(N)=O)NCC1CCCS1. The van der Waals surface area contributed by atoms with Crippen molar-refractivity contribution in [3.05, 3.63) is 0 Å². The maximum Gasteiger partial charge on any atom is 0.224 e. The summed E-state index contributed by atoms with van der Waals surface area (Å²) in [6, 6.07) is 0. The summed E-state index contributed by atoms with van der Waals surface area (Å²) in [6.45, 7) is 7.79. The van der Waals surface area contributed by atoms with E-state index in [-0.39, 0.29) is 5.91 Å². The Morgan fingerprint density at radius 1 is 1.47 bits per heavy atom. The highest BCUT2D eigenvalue weighted by Gasteiger charge is 2.24. The lowest BCUT2D eigenvalue weighted by Crippen LogP contribution is -2.42. The number of nitrogens with two attached hydrogens (primary N) is 1. The van der Waals surface area contributed by atoms with Crippen molar-refractivity contribution in [3.8, 4) is 0 Å². The lowest BCUT2D eigenvalue weighted by Gasteiger charge is -2.19. The zero-order valence-corrected chi connectivity index (χ0v) is 13.0. The molecular formula is C13H26N4OS. The first kappa shape index (κ1) is 16.1. The third-order valence-corrected chi connectivity index (χ3v) is 4.56. The topological polar surface area (TPSA) is 79.5 Å². The number of thioether (sulfide) groups is 1. The predicted octanol–water partition coefficient (Wildman–Crippen LogP) is 0.949. The van der Waals surface area contributed by atoms with Crippen LogP contribution in [-0.2, 0) is 4.79 Å². The monoisotopic (exact) mass is 286 g/mol. The molecule has 1 amide bonds. The molecule has 1 saturated heterocycles. The molecule has 0 aromatic carbocycles. The number of amides is 1. The van der Waals surface area contributed by atoms with Crippen molar-refractivity contribution in [2.24, 2.45) is 16.1 Å². The van der Waals surface area contributed by atoms with Gasteiger partial charge in [-0.05, 0) is 39.4 Å². The quantitative estimate of drug-likeness (QED) is 0.502. The van der Waals surface area contributed by atoms with Crippen LogP contribution in [0.5, 0.6) is 0 Å². The van der Waals surface area contributed by atoms with Crippen molar-refractivity contribution in [1.82, 2.24) is 10.6 Å². The average molecular weight is 286 g/mol. The first-order chi connectivity index (χ1) is 8.95. The van der Waals surface area contributed by atoms with Crippen LogP contribution < -0.4 is 16.4 Å². The van der Waals surface area contributed by atoms with Gasteiger partial charge >= 0.3 is 0 Å². The first-order valence-corrected chi connectivity index (χ1v) is 7.94. The van der Waals surface area contributed by atoms with Gasteiger partial charge in [0.15, 0.2) is 5.96 Å². The Morgan fingerprint density at radius 2 is 2.21 bits per heavy atom. The molecule has 0 aromatic heterocycles. The van der Waals surface area contributed by atoms with E-state index >= 15 is 0 Å². The fourth-order valence-electron chi connectivity index (χ4n) is 1.71. The Labute approximate surface area is 120 Å². The molecule has 0 saturated carbocycles. The number of nitrogens with zero attached hydrogens (tertiary/aromatic N) is 1. The lowest BCUT2D eigenvalue weighted by molar-refractivity contribution is -0.125. The van der Waals surface area contributed by atoms with Gasteiger partial charge in [-0.1, -0.05) is 0 Å². The van der Waals surface area contributed by atoms with Gasteiger partial charge in [0.1, 0.15) is 0 Å². The van der Waals surface area contributed by atoms with Gasteiger partial charge in [0.05, 0.1) is 12.0 Å². The van der Waals surface area contributed by atoms with E-state index in [0.717, 1.165) is 19.0 Å². The molecule has 110 valence electrons. The van der Waals surface area contributed by atoms with E-state index in [1.807, 2.05) is 32.5 Å². The molecule has 0 radical (unpaired) electrons. The van der Waals surface area contributed by atoms with Crippen LogP contribution >= 0.6 is 11.8 Å². The number of rotatable bonds is 6. The molecule has 1 fully saturated rings. The summed E-state index contributed by atoms with van der Waals surface area (Å²) < 4.78 is 0. The number of primary amides is 1. The van der Waals surface area contributed by atoms with Gasteiger partial charge in [-0.15, -0.1) is 0 Å². The molecule has 1 aliphatic rings. The molecule has 0 aliphatic carbocycles. The molecule has 1 rings (SSSR count). The Morgan fingerprint density at radius 3 is 2.74 bits per heavy atom. The summed E-state index contributed by atoms with van der Waals surface area (Å²) in [7, 11) is 0. The van der Waals surface area contributed by atoms with Crippen molar-refractivity contribution in [1.29, 1.82) is 0 Å². The number of hydrogen-bond acceptors (Lipinski definition) is 3. The molecule has 0 aromatic rings. The molecule has 1 atom stereocenters. The standard InChI is InChI=1S/C13H26N4OS/c1-4-15-12(16-8-10-6-5-7-19-10)17-9-13(2,3)11(14)18/h10H,4-9H2,1-3H3,(H2,14,18)(H2,15,16,17). The number of aliphatic imine (C=N–C) groups is 1. The van der Waals surface area contributed by atoms with Crippen LogP contribution in [0.3, 0.4) is 0 Å². The Balaban J connectivity index is 2.47. The number of hydrogen-bond donors (Lipinski definition) is 3. The van der Waals surface area contributed by atoms with Crippen LogP contribution in [0.15, 0.2) is 4.99 Å². The van der Waals surface area contributed by atoms with Crippen LogP contribution in [-0.4, -0.2) is 42.5 Å². The fourth-order valence-corrected chi connectivity index (χ4v) is 2.91. The highest BCUT2D eigenvalue weighted by Crippen LogP contribution is 2.25. The van der Waals surface area contributed by atoms with Gasteiger partial charge in [-0.2, -0.15) is 11.8 Å². The van der Waals surface area contributed by atoms with Crippen molar-refractivity contribution in [2.45, 2.75) is 38.9 Å². The van der Waals surface area contributed by atoms with E-state index in [0.29, 0.717) is 11.8 Å². The molecule has 1 unspecified atom stereocenters. The molecule has 6 heteroatoms. The highest BCUT2D eigenvalue weighted by atomic mass is 32.2. The van der Waals surface area contributed by atoms with Gasteiger partial charge in [0.25, 0.3) is 0 Å². The average Bonchev–Trinajstić information content (AvgIpc) is 2.85. The summed E-state index contributed by atoms with van der Waals surface area (Å²) in [5.41, 5.74) is 4.74. The Kier molecular flexibility index (Phi) is 6.48. The maximum absolute atomic E-state index is 11.3. The second-order valence-corrected chi connectivity index (χ2v) is 6.87. The Hall–Kier alpha value is -0.910. The number of carbonyl (C=O) groups excluding carboxylic acids is 1. The minimum atomic E-state index is -0.607. The van der Waals surface area contributed by atoms with Crippen molar-refractivity contribution in [2.75, 3.05) is 25.4 Å². The lowest BCUT2D eigenvalue weighted by atomic mass is 9.93. The van der Waals surface area contributed by atoms with Crippen LogP contribution in [0.2, 0.25) is 0 Å². The highest BCUT2D eigenvalue weighted by molar-refractivity contribution is 8.00. The third kappa shape index (κ3) is 5.72. The van der Waals surface area contributed by atoms with E-state index in [9.17, 15) is 4.79 Å². The zero-order chi connectivity index (χ0) is 14.3. The van der Waals surface area contributed by atoms with Crippen LogP contribution in [0.4, 0.5) is 0 Å². The first-order valence-electron chi connectivity index (χ1n) is 6.89. The van der Waals surface area contributed by atoms with Crippen molar-refractivity contribution >= 4 is 23.6 Å². The van der Waals surface area contributed by atoms with E-state index in [2.05, 4.69) is 15.6 Å². The van der Waals surface area contributed by atoms with E-state index < -0.39 is 5.41 Å². The van der Waals surface area contributed by atoms with E-state index in [4.69, 9.17) is 5.73 Å². The van der Waals surface area contributed by atoms with Crippen molar-refractivity contribution < 1.29 is 4.79 Å². The molecule has 0 spiro atoms. The second-order valence-electron chi connectivity index (χ2n) is 5.46. The van der Waals surface area contributed by atoms with Gasteiger partial charge in [0.2, 0.25) is 5.91 Å². The summed E-state index contributed by atoms with van der Waals surface area (Å²) in [5, 5.41) is 7.21. The molecule has 4 N–H and O–H groups in total. The summed E-state index contributed by atoms with van der Waals surface area (Å²) >= 11 is 2.01. The fraction of sp³-hybridized carbons (Fsp3) is 0.846. The Bertz CT molecular complexity index is 325. The molecule has 1 aliphatic heterocycles. The van der Waals surface area contributed by atoms with Crippen molar-refractivity contribution in [3.63, 3.8) is 0 Å². The van der Waals surface area contributed by atoms with Gasteiger partial charge in [-0.25, -0.2) is 0 Å². The largest absolute Gasteiger partial charge is 0.369 e. The van der Waals surface area contributed by atoms with Gasteiger partial charge in [0, 0.05) is 18.3 Å². The summed E-state index contributed by atoms with van der Waals surface area (Å²) in [4.78, 5) is 15.7. The van der Waals surface area contributed by atoms with Crippen LogP contribution in [0.25, 0.3) is 0 Å². The number of nitrogens with one attached hydrogen (secondary N) is 2. The molecule has 1 heterocycles.